The fourth-order valence-corrected chi connectivity index (χ4v) is 1.98. The summed E-state index contributed by atoms with van der Waals surface area (Å²) in [5.41, 5.74) is 0.769. The molecule has 0 bridgehead atoms. The molecule has 0 atom stereocenters. The molecule has 0 unspecified atom stereocenters. The first-order valence-corrected chi connectivity index (χ1v) is 6.47. The predicted octanol–water partition coefficient (Wildman–Crippen LogP) is 0.543. The van der Waals surface area contributed by atoms with Gasteiger partial charge in [0.15, 0.2) is 0 Å². The Balaban J connectivity index is 1.76. The number of esters is 1. The van der Waals surface area contributed by atoms with E-state index in [1.54, 1.807) is 12.1 Å². The lowest BCUT2D eigenvalue weighted by Gasteiger charge is -2.25. The van der Waals surface area contributed by atoms with Gasteiger partial charge in [0, 0.05) is 38.3 Å². The summed E-state index contributed by atoms with van der Waals surface area (Å²) in [6.07, 6.45) is 0. The molecule has 20 heavy (non-hydrogen) atoms. The van der Waals surface area contributed by atoms with Gasteiger partial charge in [-0.3, -0.25) is 19.8 Å². The van der Waals surface area contributed by atoms with E-state index in [2.05, 4.69) is 5.32 Å². The monoisotopic (exact) mass is 279 g/mol. The maximum atomic E-state index is 11.7. The first-order valence-electron chi connectivity index (χ1n) is 6.47. The number of nitro benzene ring substituents is 1. The molecule has 7 nitrogen and oxygen atoms in total. The fraction of sp³-hybridized carbons (Fsp3) is 0.462. The quantitative estimate of drug-likeness (QED) is 0.481. The third kappa shape index (κ3) is 4.29. The van der Waals surface area contributed by atoms with E-state index in [4.69, 9.17) is 4.74 Å². The highest BCUT2D eigenvalue weighted by atomic mass is 16.6. The van der Waals surface area contributed by atoms with Crippen LogP contribution < -0.4 is 5.32 Å². The molecule has 0 spiro atoms. The van der Waals surface area contributed by atoms with Crippen LogP contribution in [0, 0.1) is 10.1 Å². The van der Waals surface area contributed by atoms with Crippen LogP contribution in [0.5, 0.6) is 0 Å². The number of piperazine rings is 1. The van der Waals surface area contributed by atoms with Crippen molar-refractivity contribution in [3.05, 3.63) is 39.9 Å². The van der Waals surface area contributed by atoms with Gasteiger partial charge in [0.25, 0.3) is 5.69 Å². The van der Waals surface area contributed by atoms with Crippen molar-refractivity contribution < 1.29 is 14.5 Å². The van der Waals surface area contributed by atoms with E-state index in [0.29, 0.717) is 0 Å². The van der Waals surface area contributed by atoms with Crippen LogP contribution in [0.2, 0.25) is 0 Å². The molecule has 1 fully saturated rings. The van der Waals surface area contributed by atoms with E-state index in [0.717, 1.165) is 31.7 Å². The summed E-state index contributed by atoms with van der Waals surface area (Å²) in [5, 5.41) is 13.7. The van der Waals surface area contributed by atoms with E-state index in [9.17, 15) is 14.9 Å². The molecule has 1 aromatic rings. The Hall–Kier alpha value is -1.99. The van der Waals surface area contributed by atoms with E-state index in [1.807, 2.05) is 4.90 Å². The Morgan fingerprint density at radius 2 is 1.95 bits per heavy atom. The smallest absolute Gasteiger partial charge is 0.320 e. The number of nitrogens with one attached hydrogen (secondary N) is 1. The second kappa shape index (κ2) is 6.97. The SMILES string of the molecule is O=C(CN1CCNCC1)OCc1ccc([N+](=O)[O-])cc1. The molecule has 1 N–H and O–H groups in total. The zero-order valence-electron chi connectivity index (χ0n) is 11.1. The zero-order chi connectivity index (χ0) is 14.4. The summed E-state index contributed by atoms with van der Waals surface area (Å²) in [4.78, 5) is 23.8. The van der Waals surface area contributed by atoms with Gasteiger partial charge in [-0.15, -0.1) is 0 Å². The maximum Gasteiger partial charge on any atom is 0.320 e. The van der Waals surface area contributed by atoms with Crippen LogP contribution >= 0.6 is 0 Å². The maximum absolute atomic E-state index is 11.7. The fourth-order valence-electron chi connectivity index (χ4n) is 1.98. The molecule has 0 amide bonds. The molecule has 1 aliphatic rings. The molecule has 0 radical (unpaired) electrons. The van der Waals surface area contributed by atoms with E-state index >= 15 is 0 Å². The number of benzene rings is 1. The zero-order valence-corrected chi connectivity index (χ0v) is 11.1. The van der Waals surface area contributed by atoms with Crippen LogP contribution in [0.3, 0.4) is 0 Å². The summed E-state index contributed by atoms with van der Waals surface area (Å²) >= 11 is 0. The lowest BCUT2D eigenvalue weighted by Crippen LogP contribution is -2.45. The van der Waals surface area contributed by atoms with Gasteiger partial charge in [-0.25, -0.2) is 0 Å². The second-order valence-corrected chi connectivity index (χ2v) is 4.61. The number of carbonyl (C=O) groups is 1. The molecular weight excluding hydrogens is 262 g/mol. The standard InChI is InChI=1S/C13H17N3O4/c17-13(9-15-7-5-14-6-8-15)20-10-11-1-3-12(4-2-11)16(18)19/h1-4,14H,5-10H2. The van der Waals surface area contributed by atoms with E-state index in [-0.39, 0.29) is 24.8 Å². The van der Waals surface area contributed by atoms with Gasteiger partial charge in [0.1, 0.15) is 6.61 Å². The Bertz CT molecular complexity index is 469. The van der Waals surface area contributed by atoms with Crippen molar-refractivity contribution in [2.45, 2.75) is 6.61 Å². The van der Waals surface area contributed by atoms with E-state index < -0.39 is 4.92 Å². The number of nitrogens with zero attached hydrogens (tertiary/aromatic N) is 2. The third-order valence-corrected chi connectivity index (χ3v) is 3.11. The van der Waals surface area contributed by atoms with Crippen LogP contribution in [0.25, 0.3) is 0 Å². The summed E-state index contributed by atoms with van der Waals surface area (Å²) in [6.45, 7) is 3.88. The molecule has 7 heteroatoms. The van der Waals surface area contributed by atoms with Gasteiger partial charge in [-0.1, -0.05) is 0 Å². The number of ether oxygens (including phenoxy) is 1. The van der Waals surface area contributed by atoms with Crippen LogP contribution in [0.1, 0.15) is 5.56 Å². The minimum atomic E-state index is -0.458. The lowest BCUT2D eigenvalue weighted by molar-refractivity contribution is -0.384. The number of carbonyl (C=O) groups excluding carboxylic acids is 1. The van der Waals surface area contributed by atoms with Crippen LogP contribution in [-0.4, -0.2) is 48.5 Å². The van der Waals surface area contributed by atoms with Gasteiger partial charge < -0.3 is 10.1 Å². The summed E-state index contributed by atoms with van der Waals surface area (Å²) in [7, 11) is 0. The van der Waals surface area contributed by atoms with Gasteiger partial charge in [0.2, 0.25) is 0 Å². The van der Waals surface area contributed by atoms with Crippen molar-refractivity contribution in [1.29, 1.82) is 0 Å². The molecule has 0 aliphatic carbocycles. The first kappa shape index (κ1) is 14.4. The molecule has 2 rings (SSSR count). The normalized spacial score (nSPS) is 15.8. The average Bonchev–Trinajstić information content (AvgIpc) is 2.46. The molecule has 1 saturated heterocycles. The van der Waals surface area contributed by atoms with Crippen molar-refractivity contribution >= 4 is 11.7 Å². The number of non-ortho nitro benzene ring substituents is 1. The second-order valence-electron chi connectivity index (χ2n) is 4.61. The van der Waals surface area contributed by atoms with Gasteiger partial charge in [-0.05, 0) is 17.7 Å². The van der Waals surface area contributed by atoms with Crippen LogP contribution in [0.4, 0.5) is 5.69 Å². The lowest BCUT2D eigenvalue weighted by atomic mass is 10.2. The van der Waals surface area contributed by atoms with Crippen molar-refractivity contribution in [2.24, 2.45) is 0 Å². The number of rotatable bonds is 5. The van der Waals surface area contributed by atoms with Crippen molar-refractivity contribution in [2.75, 3.05) is 32.7 Å². The topological polar surface area (TPSA) is 84.7 Å². The largest absolute Gasteiger partial charge is 0.460 e. The number of hydrogen-bond acceptors (Lipinski definition) is 6. The van der Waals surface area contributed by atoms with Gasteiger partial charge in [0.05, 0.1) is 11.5 Å². The molecule has 0 saturated carbocycles. The Morgan fingerprint density at radius 3 is 2.55 bits per heavy atom. The highest BCUT2D eigenvalue weighted by Gasteiger charge is 2.14. The minimum Gasteiger partial charge on any atom is -0.460 e. The molecular formula is C13H17N3O4. The first-order chi connectivity index (χ1) is 9.65. The molecule has 1 aliphatic heterocycles. The summed E-state index contributed by atoms with van der Waals surface area (Å²) < 4.78 is 5.16. The van der Waals surface area contributed by atoms with Crippen LogP contribution in [0.15, 0.2) is 24.3 Å². The highest BCUT2D eigenvalue weighted by Crippen LogP contribution is 2.12. The molecule has 1 aromatic carbocycles. The highest BCUT2D eigenvalue weighted by molar-refractivity contribution is 5.71. The molecule has 0 aromatic heterocycles. The molecule has 108 valence electrons. The predicted molar refractivity (Wildman–Crippen MR) is 72.2 cm³/mol. The average molecular weight is 279 g/mol. The van der Waals surface area contributed by atoms with E-state index in [1.165, 1.54) is 12.1 Å². The number of hydrogen-bond donors (Lipinski definition) is 1. The Kier molecular flexibility index (Phi) is 5.03. The Labute approximate surface area is 116 Å². The van der Waals surface area contributed by atoms with Crippen molar-refractivity contribution in [1.82, 2.24) is 10.2 Å². The van der Waals surface area contributed by atoms with Crippen LogP contribution in [-0.2, 0) is 16.1 Å². The van der Waals surface area contributed by atoms with Crippen molar-refractivity contribution in [3.63, 3.8) is 0 Å². The molecule has 1 heterocycles. The number of nitro groups is 1. The summed E-state index contributed by atoms with van der Waals surface area (Å²) in [6, 6.07) is 5.99. The minimum absolute atomic E-state index is 0.0286. The third-order valence-electron chi connectivity index (χ3n) is 3.11. The summed E-state index contributed by atoms with van der Waals surface area (Å²) in [5.74, 6) is -0.273. The van der Waals surface area contributed by atoms with Gasteiger partial charge >= 0.3 is 5.97 Å². The Morgan fingerprint density at radius 1 is 1.30 bits per heavy atom. The van der Waals surface area contributed by atoms with Crippen molar-refractivity contribution in [3.8, 4) is 0 Å². The van der Waals surface area contributed by atoms with Gasteiger partial charge in [-0.2, -0.15) is 0 Å².